The van der Waals surface area contributed by atoms with Gasteiger partial charge < -0.3 is 4.74 Å². The molecule has 1 aliphatic heterocycles. The van der Waals surface area contributed by atoms with Gasteiger partial charge in [-0.3, -0.25) is 4.90 Å². The van der Waals surface area contributed by atoms with Gasteiger partial charge in [-0.25, -0.2) is 4.79 Å². The monoisotopic (exact) mass is 345 g/mol. The number of hydrogen-bond acceptors (Lipinski definition) is 3. The van der Waals surface area contributed by atoms with Crippen molar-refractivity contribution < 1.29 is 9.53 Å². The molecule has 25 heavy (non-hydrogen) atoms. The Morgan fingerprint density at radius 2 is 1.84 bits per heavy atom. The van der Waals surface area contributed by atoms with Crippen LogP contribution in [-0.2, 0) is 11.2 Å². The summed E-state index contributed by atoms with van der Waals surface area (Å²) in [5.74, 6) is 0.398. The number of carbonyl (C=O) groups is 1. The summed E-state index contributed by atoms with van der Waals surface area (Å²) in [7, 11) is 1.43. The van der Waals surface area contributed by atoms with Crippen molar-refractivity contribution in [3.8, 4) is 0 Å². The Labute approximate surface area is 153 Å². The Morgan fingerprint density at radius 3 is 2.36 bits per heavy atom. The highest BCUT2D eigenvalue weighted by molar-refractivity contribution is 5.89. The zero-order valence-corrected chi connectivity index (χ0v) is 16.8. The molecule has 1 aliphatic rings. The number of hydrogen-bond donors (Lipinski definition) is 0. The van der Waals surface area contributed by atoms with E-state index in [9.17, 15) is 4.79 Å². The Morgan fingerprint density at radius 1 is 1.20 bits per heavy atom. The molecule has 2 rings (SSSR count). The van der Waals surface area contributed by atoms with E-state index in [0.29, 0.717) is 23.6 Å². The van der Waals surface area contributed by atoms with Gasteiger partial charge in [0.2, 0.25) is 0 Å². The summed E-state index contributed by atoms with van der Waals surface area (Å²) in [5, 5.41) is 0. The minimum absolute atomic E-state index is 0.228. The summed E-state index contributed by atoms with van der Waals surface area (Å²) in [6.07, 6.45) is 6.29. The summed E-state index contributed by atoms with van der Waals surface area (Å²) in [5.41, 5.74) is 2.17. The van der Waals surface area contributed by atoms with Crippen molar-refractivity contribution in [2.45, 2.75) is 84.3 Å². The predicted molar refractivity (Wildman–Crippen MR) is 104 cm³/mol. The smallest absolute Gasteiger partial charge is 0.337 e. The average Bonchev–Trinajstić information content (AvgIpc) is 2.58. The molecule has 2 unspecified atom stereocenters. The van der Waals surface area contributed by atoms with Crippen molar-refractivity contribution >= 4 is 5.97 Å². The molecule has 0 radical (unpaired) electrons. The molecule has 0 N–H and O–H groups in total. The van der Waals surface area contributed by atoms with Gasteiger partial charge in [0.1, 0.15) is 0 Å². The molecule has 1 heterocycles. The van der Waals surface area contributed by atoms with Gasteiger partial charge in [0.05, 0.1) is 12.7 Å². The predicted octanol–water partition coefficient (Wildman–Crippen LogP) is 5.08. The molecule has 140 valence electrons. The van der Waals surface area contributed by atoms with Crippen LogP contribution in [0.3, 0.4) is 0 Å². The number of unbranched alkanes of at least 4 members (excludes halogenated alkanes) is 2. The number of esters is 1. The van der Waals surface area contributed by atoms with Crippen LogP contribution in [0.5, 0.6) is 0 Å². The molecule has 0 aliphatic carbocycles. The van der Waals surface area contributed by atoms with Gasteiger partial charge in [0.25, 0.3) is 0 Å². The van der Waals surface area contributed by atoms with Crippen molar-refractivity contribution in [2.24, 2.45) is 5.92 Å². The molecule has 1 saturated heterocycles. The molecule has 0 bridgehead atoms. The minimum atomic E-state index is -0.265. The highest BCUT2D eigenvalue weighted by Gasteiger charge is 2.54. The lowest BCUT2D eigenvalue weighted by Gasteiger charge is -2.64. The van der Waals surface area contributed by atoms with Gasteiger partial charge in [-0.05, 0) is 64.2 Å². The molecule has 0 aromatic heterocycles. The third-order valence-electron chi connectivity index (χ3n) is 5.89. The Balaban J connectivity index is 2.10. The number of benzene rings is 1. The van der Waals surface area contributed by atoms with E-state index in [-0.39, 0.29) is 11.5 Å². The molecule has 0 saturated carbocycles. The number of rotatable bonds is 8. The first-order valence-corrected chi connectivity index (χ1v) is 9.78. The van der Waals surface area contributed by atoms with Crippen LogP contribution in [0.1, 0.15) is 76.2 Å². The third-order valence-corrected chi connectivity index (χ3v) is 5.89. The zero-order valence-electron chi connectivity index (χ0n) is 16.8. The van der Waals surface area contributed by atoms with Gasteiger partial charge >= 0.3 is 5.97 Å². The first-order chi connectivity index (χ1) is 11.8. The van der Waals surface area contributed by atoms with Crippen molar-refractivity contribution in [3.63, 3.8) is 0 Å². The summed E-state index contributed by atoms with van der Waals surface area (Å²) in [6.45, 7) is 11.7. The lowest BCUT2D eigenvalue weighted by Crippen LogP contribution is -2.72. The second kappa shape index (κ2) is 8.35. The molecule has 1 fully saturated rings. The second-order valence-electron chi connectivity index (χ2n) is 8.22. The molecule has 0 spiro atoms. The largest absolute Gasteiger partial charge is 0.465 e. The number of ether oxygens (including phenoxy) is 1. The normalized spacial score (nSPS) is 22.7. The fourth-order valence-corrected chi connectivity index (χ4v) is 4.73. The molecule has 3 nitrogen and oxygen atoms in total. The highest BCUT2D eigenvalue weighted by atomic mass is 16.5. The van der Waals surface area contributed by atoms with Crippen molar-refractivity contribution in [2.75, 3.05) is 7.11 Å². The maximum atomic E-state index is 11.6. The summed E-state index contributed by atoms with van der Waals surface area (Å²) in [4.78, 5) is 14.3. The average molecular weight is 346 g/mol. The maximum absolute atomic E-state index is 11.6. The van der Waals surface area contributed by atoms with Crippen LogP contribution >= 0.6 is 0 Å². The number of likely N-dealkylation sites (tertiary alicyclic amines) is 1. The van der Waals surface area contributed by atoms with E-state index in [2.05, 4.69) is 51.7 Å². The Bertz CT molecular complexity index is 562. The quantitative estimate of drug-likeness (QED) is 0.486. The Hall–Kier alpha value is -1.35. The van der Waals surface area contributed by atoms with Crippen LogP contribution in [0.2, 0.25) is 0 Å². The second-order valence-corrected chi connectivity index (χ2v) is 8.22. The molecule has 2 atom stereocenters. The van der Waals surface area contributed by atoms with Crippen molar-refractivity contribution in [1.29, 1.82) is 0 Å². The lowest BCUT2D eigenvalue weighted by atomic mass is 9.65. The molecular weight excluding hydrogens is 310 g/mol. The minimum Gasteiger partial charge on any atom is -0.465 e. The SMILES string of the molecule is CCCCCC1C(Cc2ccc(C(=O)OC)cc2)C(C)(C)N1C(C)C. The van der Waals surface area contributed by atoms with E-state index < -0.39 is 0 Å². The first-order valence-electron chi connectivity index (χ1n) is 9.78. The number of methoxy groups -OCH3 is 1. The van der Waals surface area contributed by atoms with E-state index in [1.165, 1.54) is 38.4 Å². The van der Waals surface area contributed by atoms with E-state index in [1.54, 1.807) is 0 Å². The van der Waals surface area contributed by atoms with Gasteiger partial charge in [-0.15, -0.1) is 0 Å². The van der Waals surface area contributed by atoms with E-state index in [4.69, 9.17) is 4.74 Å². The summed E-state index contributed by atoms with van der Waals surface area (Å²) < 4.78 is 4.79. The van der Waals surface area contributed by atoms with E-state index in [1.807, 2.05) is 12.1 Å². The fourth-order valence-electron chi connectivity index (χ4n) is 4.73. The van der Waals surface area contributed by atoms with E-state index in [0.717, 1.165) is 6.42 Å². The van der Waals surface area contributed by atoms with Gasteiger partial charge in [-0.2, -0.15) is 0 Å². The molecule has 1 aromatic carbocycles. The molecule has 0 amide bonds. The maximum Gasteiger partial charge on any atom is 0.337 e. The number of nitrogens with zero attached hydrogens (tertiary/aromatic N) is 1. The lowest BCUT2D eigenvalue weighted by molar-refractivity contribution is -0.141. The Kier molecular flexibility index (Phi) is 6.67. The first kappa shape index (κ1) is 20.0. The van der Waals surface area contributed by atoms with Crippen LogP contribution in [0.25, 0.3) is 0 Å². The van der Waals surface area contributed by atoms with Crippen LogP contribution in [0.4, 0.5) is 0 Å². The topological polar surface area (TPSA) is 29.5 Å². The van der Waals surface area contributed by atoms with Gasteiger partial charge in [0.15, 0.2) is 0 Å². The molecule has 1 aromatic rings. The summed E-state index contributed by atoms with van der Waals surface area (Å²) in [6, 6.07) is 9.20. The van der Waals surface area contributed by atoms with Crippen LogP contribution < -0.4 is 0 Å². The fraction of sp³-hybridized carbons (Fsp3) is 0.682. The highest BCUT2D eigenvalue weighted by Crippen LogP contribution is 2.47. The van der Waals surface area contributed by atoms with Gasteiger partial charge in [0, 0.05) is 17.6 Å². The van der Waals surface area contributed by atoms with Crippen LogP contribution in [-0.4, -0.2) is 35.6 Å². The van der Waals surface area contributed by atoms with Crippen LogP contribution in [0.15, 0.2) is 24.3 Å². The summed E-state index contributed by atoms with van der Waals surface area (Å²) >= 11 is 0. The van der Waals surface area contributed by atoms with Crippen molar-refractivity contribution in [1.82, 2.24) is 4.90 Å². The molecular formula is C22H35NO2. The van der Waals surface area contributed by atoms with Crippen molar-refractivity contribution in [3.05, 3.63) is 35.4 Å². The number of carbonyl (C=O) groups excluding carboxylic acids is 1. The third kappa shape index (κ3) is 4.25. The zero-order chi connectivity index (χ0) is 18.6. The van der Waals surface area contributed by atoms with E-state index >= 15 is 0 Å². The van der Waals surface area contributed by atoms with Crippen LogP contribution in [0, 0.1) is 5.92 Å². The standard InChI is InChI=1S/C22H35NO2/c1-7-8-9-10-20-19(22(4,5)23(20)16(2)3)15-17-11-13-18(14-12-17)21(24)25-6/h11-14,16,19-20H,7-10,15H2,1-6H3. The van der Waals surface area contributed by atoms with Gasteiger partial charge in [-0.1, -0.05) is 38.3 Å². The molecule has 3 heteroatoms.